The van der Waals surface area contributed by atoms with Gasteiger partial charge in [-0.3, -0.25) is 4.79 Å². The van der Waals surface area contributed by atoms with Crippen molar-refractivity contribution in [2.24, 2.45) is 0 Å². The molecule has 0 aromatic rings. The van der Waals surface area contributed by atoms with E-state index in [0.29, 0.717) is 19.8 Å². The maximum absolute atomic E-state index is 12.6. The Bertz CT molecular complexity index is 869. The van der Waals surface area contributed by atoms with Gasteiger partial charge < -0.3 is 23.8 Å². The van der Waals surface area contributed by atoms with Crippen molar-refractivity contribution < 1.29 is 23.7 Å². The second-order valence-electron chi connectivity index (χ2n) is 16.7. The summed E-state index contributed by atoms with van der Waals surface area (Å²) in [6, 6.07) is 0. The monoisotopic (exact) mass is 816 g/mol. The lowest BCUT2D eigenvalue weighted by molar-refractivity contribution is -0.150. The molecule has 0 amide bonds. The molecule has 0 N–H and O–H groups in total. The lowest BCUT2D eigenvalue weighted by Gasteiger charge is -2.18. The lowest BCUT2D eigenvalue weighted by Crippen LogP contribution is -2.21. The van der Waals surface area contributed by atoms with Crippen LogP contribution in [0.1, 0.15) is 219 Å². The van der Waals surface area contributed by atoms with Gasteiger partial charge >= 0.3 is 5.97 Å². The molecule has 0 rings (SSSR count). The summed E-state index contributed by atoms with van der Waals surface area (Å²) in [6.07, 6.45) is 56.1. The number of hydrogen-bond donors (Lipinski definition) is 0. The van der Waals surface area contributed by atoms with Gasteiger partial charge in [0.2, 0.25) is 0 Å². The second-order valence-corrected chi connectivity index (χ2v) is 16.7. The molecule has 340 valence electrons. The minimum absolute atomic E-state index is 0.0335. The molecule has 1 atom stereocenters. The highest BCUT2D eigenvalue weighted by Gasteiger charge is 2.14. The highest BCUT2D eigenvalue weighted by molar-refractivity contribution is 5.69. The fourth-order valence-corrected chi connectivity index (χ4v) is 6.88. The van der Waals surface area contributed by atoms with Gasteiger partial charge in [0.1, 0.15) is 12.9 Å². The fraction of sp³-hybridized carbons (Fsp3) is 0.827. The highest BCUT2D eigenvalue weighted by atomic mass is 16.7. The number of allylic oxidation sites excluding steroid dienone is 8. The molecule has 0 saturated heterocycles. The summed E-state index contributed by atoms with van der Waals surface area (Å²) in [6.45, 7) is 8.89. The molecule has 0 fully saturated rings. The van der Waals surface area contributed by atoms with Crippen LogP contribution in [0.5, 0.6) is 0 Å². The maximum Gasteiger partial charge on any atom is 0.306 e. The minimum atomic E-state index is -0.0685. The van der Waals surface area contributed by atoms with Gasteiger partial charge in [-0.25, -0.2) is 0 Å². The molecule has 0 radical (unpaired) electrons. The molecule has 6 heteroatoms. The topological polar surface area (TPSA) is 57.2 Å². The Morgan fingerprint density at radius 2 is 0.845 bits per heavy atom. The first-order chi connectivity index (χ1) is 28.6. The first-order valence-corrected chi connectivity index (χ1v) is 24.8. The Kier molecular flexibility index (Phi) is 48.2. The van der Waals surface area contributed by atoms with E-state index in [1.54, 1.807) is 0 Å². The molecule has 0 spiro atoms. The second kappa shape index (κ2) is 49.6. The molecule has 0 aromatic carbocycles. The molecule has 0 aromatic heterocycles. The zero-order chi connectivity index (χ0) is 42.1. The number of rotatable bonds is 47. The number of hydrogen-bond acceptors (Lipinski definition) is 6. The van der Waals surface area contributed by atoms with Gasteiger partial charge in [-0.15, -0.1) is 0 Å². The van der Waals surface area contributed by atoms with E-state index >= 15 is 0 Å². The first kappa shape index (κ1) is 56.3. The Labute approximate surface area is 361 Å². The van der Waals surface area contributed by atoms with Crippen LogP contribution < -0.4 is 0 Å². The van der Waals surface area contributed by atoms with Crippen LogP contribution in [0.3, 0.4) is 0 Å². The van der Waals surface area contributed by atoms with Crippen molar-refractivity contribution in [1.29, 1.82) is 0 Å². The third-order valence-corrected chi connectivity index (χ3v) is 10.6. The van der Waals surface area contributed by atoms with Crippen LogP contribution in [-0.2, 0) is 23.7 Å². The van der Waals surface area contributed by atoms with E-state index < -0.39 is 0 Å². The molecule has 0 heterocycles. The highest BCUT2D eigenvalue weighted by Crippen LogP contribution is 2.15. The van der Waals surface area contributed by atoms with Gasteiger partial charge in [0, 0.05) is 32.8 Å². The summed E-state index contributed by atoms with van der Waals surface area (Å²) in [4.78, 5) is 14.7. The third-order valence-electron chi connectivity index (χ3n) is 10.6. The molecule has 0 saturated carbocycles. The largest absolute Gasteiger partial charge is 0.462 e. The Morgan fingerprint density at radius 1 is 0.448 bits per heavy atom. The van der Waals surface area contributed by atoms with E-state index in [9.17, 15) is 4.79 Å². The third kappa shape index (κ3) is 48.6. The number of esters is 1. The van der Waals surface area contributed by atoms with Crippen molar-refractivity contribution in [1.82, 2.24) is 4.90 Å². The van der Waals surface area contributed by atoms with Crippen molar-refractivity contribution in [2.75, 3.05) is 53.9 Å². The van der Waals surface area contributed by atoms with E-state index in [-0.39, 0.29) is 12.1 Å². The average Bonchev–Trinajstić information content (AvgIpc) is 3.21. The average molecular weight is 816 g/mol. The van der Waals surface area contributed by atoms with Crippen LogP contribution in [0.4, 0.5) is 0 Å². The van der Waals surface area contributed by atoms with Crippen LogP contribution >= 0.6 is 0 Å². The van der Waals surface area contributed by atoms with Crippen molar-refractivity contribution >= 4 is 5.97 Å². The first-order valence-electron chi connectivity index (χ1n) is 24.8. The van der Waals surface area contributed by atoms with Crippen LogP contribution in [0.2, 0.25) is 0 Å². The van der Waals surface area contributed by atoms with Gasteiger partial charge in [-0.1, -0.05) is 146 Å². The molecule has 6 nitrogen and oxygen atoms in total. The molecule has 58 heavy (non-hydrogen) atoms. The summed E-state index contributed by atoms with van der Waals surface area (Å²) in [7, 11) is 4.08. The van der Waals surface area contributed by atoms with Crippen molar-refractivity contribution in [3.05, 3.63) is 48.6 Å². The molecule has 0 bridgehead atoms. The Morgan fingerprint density at radius 3 is 1.33 bits per heavy atom. The van der Waals surface area contributed by atoms with Crippen LogP contribution in [-0.4, -0.2) is 70.8 Å². The minimum Gasteiger partial charge on any atom is -0.462 e. The summed E-state index contributed by atoms with van der Waals surface area (Å²) in [5.41, 5.74) is 0. The van der Waals surface area contributed by atoms with E-state index in [1.807, 2.05) is 14.1 Å². The lowest BCUT2D eigenvalue weighted by atomic mass is 10.1. The van der Waals surface area contributed by atoms with E-state index in [1.165, 1.54) is 135 Å². The summed E-state index contributed by atoms with van der Waals surface area (Å²) in [5, 5.41) is 0. The normalized spacial score (nSPS) is 12.8. The maximum atomic E-state index is 12.6. The molecule has 1 unspecified atom stereocenters. The van der Waals surface area contributed by atoms with Crippen LogP contribution in [0.15, 0.2) is 48.6 Å². The quantitative estimate of drug-likeness (QED) is 0.0264. The van der Waals surface area contributed by atoms with Crippen molar-refractivity contribution in [3.8, 4) is 0 Å². The van der Waals surface area contributed by atoms with Crippen molar-refractivity contribution in [2.45, 2.75) is 225 Å². The Balaban J connectivity index is 3.84. The molecule has 0 aliphatic heterocycles. The zero-order valence-electron chi connectivity index (χ0n) is 39.1. The van der Waals surface area contributed by atoms with Crippen molar-refractivity contribution in [3.63, 3.8) is 0 Å². The zero-order valence-corrected chi connectivity index (χ0v) is 39.1. The molecule has 0 aliphatic rings. The number of nitrogens with zero attached hydrogens (tertiary/aromatic N) is 1. The fourth-order valence-electron chi connectivity index (χ4n) is 6.88. The van der Waals surface area contributed by atoms with Crippen LogP contribution in [0.25, 0.3) is 0 Å². The Hall–Kier alpha value is -1.73. The van der Waals surface area contributed by atoms with E-state index in [0.717, 1.165) is 90.6 Å². The molecular weight excluding hydrogens is 719 g/mol. The van der Waals surface area contributed by atoms with Gasteiger partial charge in [-0.2, -0.15) is 0 Å². The summed E-state index contributed by atoms with van der Waals surface area (Å²) >= 11 is 0. The standard InChI is InChI=1S/C52H97NO5/c1-5-7-9-11-13-15-17-19-21-23-25-27-29-31-33-37-46-55-47-39-35-36-42-51(58-52(54)44-40-45-53(3)4)43-41-49-57-50-56-48-38-34-32-30-28-26-24-22-20-18-16-14-12-10-8-6-2/h13-16,19-22,51H,5-12,17-18,23-50H2,1-4H3/b15-13-,16-14-,21-19-,22-20-. The molecular formula is C52H97NO5. The predicted octanol–water partition coefficient (Wildman–Crippen LogP) is 15.2. The van der Waals surface area contributed by atoms with Gasteiger partial charge in [0.25, 0.3) is 0 Å². The number of ether oxygens (including phenoxy) is 4. The van der Waals surface area contributed by atoms with Gasteiger partial charge in [0.05, 0.1) is 0 Å². The number of carbonyl (C=O) groups excluding carboxylic acids is 1. The predicted molar refractivity (Wildman–Crippen MR) is 252 cm³/mol. The summed E-state index contributed by atoms with van der Waals surface area (Å²) in [5.74, 6) is -0.0685. The summed E-state index contributed by atoms with van der Waals surface area (Å²) < 4.78 is 23.4. The van der Waals surface area contributed by atoms with Gasteiger partial charge in [0.15, 0.2) is 0 Å². The van der Waals surface area contributed by atoms with E-state index in [2.05, 4.69) is 67.4 Å². The van der Waals surface area contributed by atoms with Crippen LogP contribution in [0, 0.1) is 0 Å². The van der Waals surface area contributed by atoms with E-state index in [4.69, 9.17) is 18.9 Å². The molecule has 0 aliphatic carbocycles. The SMILES string of the molecule is CCCCC/C=C\C/C=C\CCCCCCCCOCCCCCC(CCCOCOCCCCCCCC/C=C\C/C=C\CCCCC)OC(=O)CCCN(C)C. The number of carbonyl (C=O) groups is 1. The smallest absolute Gasteiger partial charge is 0.306 e. The number of unbranched alkanes of at least 4 members (excludes halogenated alkanes) is 20. The van der Waals surface area contributed by atoms with Gasteiger partial charge in [-0.05, 0) is 136 Å².